The first-order valence-electron chi connectivity index (χ1n) is 6.07. The maximum Gasteiger partial charge on any atom is 0.221 e. The molecule has 1 amide bonds. The van der Waals surface area contributed by atoms with Gasteiger partial charge in [-0.15, -0.1) is 0 Å². The number of carbonyl (C=O) groups excluding carboxylic acids is 1. The molecule has 98 valence electrons. The minimum atomic E-state index is -0.867. The summed E-state index contributed by atoms with van der Waals surface area (Å²) in [6.45, 7) is 3.24. The molecule has 0 bridgehead atoms. The summed E-state index contributed by atoms with van der Waals surface area (Å²) in [6, 6.07) is 4.74. The van der Waals surface area contributed by atoms with Gasteiger partial charge in [-0.25, -0.2) is 4.39 Å². The molecule has 0 aliphatic carbocycles. The first-order chi connectivity index (χ1) is 8.59. The number of nitrogens with one attached hydrogen (secondary N) is 1. The maximum atomic E-state index is 13.8. The highest BCUT2D eigenvalue weighted by molar-refractivity contribution is 5.77. The van der Waals surface area contributed by atoms with E-state index in [1.807, 2.05) is 4.90 Å². The van der Waals surface area contributed by atoms with E-state index in [1.165, 1.54) is 6.07 Å². The minimum absolute atomic E-state index is 0.00694. The summed E-state index contributed by atoms with van der Waals surface area (Å²) in [6.07, 6.45) is -0.483. The lowest BCUT2D eigenvalue weighted by molar-refractivity contribution is -0.120. The van der Waals surface area contributed by atoms with Crippen molar-refractivity contribution in [1.29, 1.82) is 0 Å². The lowest BCUT2D eigenvalue weighted by Gasteiger charge is -2.26. The van der Waals surface area contributed by atoms with Gasteiger partial charge in [-0.3, -0.25) is 4.79 Å². The smallest absolute Gasteiger partial charge is 0.221 e. The largest absolute Gasteiger partial charge is 0.389 e. The number of halogens is 1. The van der Waals surface area contributed by atoms with Crippen LogP contribution in [0, 0.1) is 5.82 Å². The summed E-state index contributed by atoms with van der Waals surface area (Å²) >= 11 is 0. The fourth-order valence-electron chi connectivity index (χ4n) is 2.22. The molecule has 0 aromatic heterocycles. The Kier molecular flexibility index (Phi) is 3.81. The number of amides is 1. The summed E-state index contributed by atoms with van der Waals surface area (Å²) in [7, 11) is 0. The zero-order valence-electron chi connectivity index (χ0n) is 10.3. The second-order valence-corrected chi connectivity index (χ2v) is 4.44. The number of hydrogen-bond donors (Lipinski definition) is 2. The zero-order valence-corrected chi connectivity index (χ0v) is 10.3. The summed E-state index contributed by atoms with van der Waals surface area (Å²) in [4.78, 5) is 13.2. The molecule has 1 aromatic carbocycles. The van der Waals surface area contributed by atoms with E-state index in [0.29, 0.717) is 37.3 Å². The Hall–Kier alpha value is -1.62. The molecule has 1 heterocycles. The fraction of sp³-hybridized carbons (Fsp3) is 0.462. The summed E-state index contributed by atoms with van der Waals surface area (Å²) < 4.78 is 13.8. The van der Waals surface area contributed by atoms with Crippen molar-refractivity contribution in [3.63, 3.8) is 0 Å². The van der Waals surface area contributed by atoms with Crippen LogP contribution in [0.5, 0.6) is 0 Å². The van der Waals surface area contributed by atoms with Crippen LogP contribution in [0.4, 0.5) is 10.1 Å². The fourth-order valence-corrected chi connectivity index (χ4v) is 2.22. The van der Waals surface area contributed by atoms with Gasteiger partial charge in [0.2, 0.25) is 5.91 Å². The highest BCUT2D eigenvalue weighted by atomic mass is 19.1. The van der Waals surface area contributed by atoms with Gasteiger partial charge >= 0.3 is 0 Å². The molecule has 4 nitrogen and oxygen atoms in total. The van der Waals surface area contributed by atoms with E-state index < -0.39 is 11.9 Å². The first kappa shape index (κ1) is 12.8. The first-order valence-corrected chi connectivity index (χ1v) is 6.07. The molecule has 1 aliphatic heterocycles. The lowest BCUT2D eigenvalue weighted by Crippen LogP contribution is -2.29. The molecule has 1 aliphatic rings. The molecule has 0 saturated carbocycles. The Morgan fingerprint density at radius 3 is 2.94 bits per heavy atom. The number of anilines is 1. The zero-order chi connectivity index (χ0) is 13.1. The Morgan fingerprint density at radius 1 is 1.44 bits per heavy atom. The van der Waals surface area contributed by atoms with Gasteiger partial charge in [0.15, 0.2) is 0 Å². The van der Waals surface area contributed by atoms with Gasteiger partial charge in [-0.1, -0.05) is 6.07 Å². The van der Waals surface area contributed by atoms with Crippen LogP contribution < -0.4 is 10.2 Å². The highest BCUT2D eigenvalue weighted by Crippen LogP contribution is 2.29. The van der Waals surface area contributed by atoms with Crippen LogP contribution in [-0.4, -0.2) is 30.6 Å². The van der Waals surface area contributed by atoms with Crippen LogP contribution in [0.3, 0.4) is 0 Å². The summed E-state index contributed by atoms with van der Waals surface area (Å²) in [5, 5.41) is 12.5. The van der Waals surface area contributed by atoms with Crippen LogP contribution in [0.15, 0.2) is 18.2 Å². The Labute approximate surface area is 105 Å². The second-order valence-electron chi connectivity index (χ2n) is 4.44. The molecule has 1 aromatic rings. The predicted molar refractivity (Wildman–Crippen MR) is 66.9 cm³/mol. The van der Waals surface area contributed by atoms with E-state index in [-0.39, 0.29) is 5.91 Å². The van der Waals surface area contributed by atoms with E-state index in [9.17, 15) is 14.3 Å². The van der Waals surface area contributed by atoms with Gasteiger partial charge in [0, 0.05) is 37.3 Å². The Bertz CT molecular complexity index is 449. The molecule has 0 spiro atoms. The third kappa shape index (κ3) is 2.61. The average molecular weight is 252 g/mol. The van der Waals surface area contributed by atoms with Gasteiger partial charge in [-0.2, -0.15) is 0 Å². The average Bonchev–Trinajstić information content (AvgIpc) is 2.53. The van der Waals surface area contributed by atoms with Gasteiger partial charge in [0.25, 0.3) is 0 Å². The predicted octanol–water partition coefficient (Wildman–Crippen LogP) is 1.21. The van der Waals surface area contributed by atoms with Crippen molar-refractivity contribution in [2.24, 2.45) is 0 Å². The van der Waals surface area contributed by atoms with Gasteiger partial charge < -0.3 is 15.3 Å². The molecule has 18 heavy (non-hydrogen) atoms. The number of hydrogen-bond acceptors (Lipinski definition) is 3. The van der Waals surface area contributed by atoms with Crippen molar-refractivity contribution in [2.45, 2.75) is 19.4 Å². The topological polar surface area (TPSA) is 52.6 Å². The number of carbonyl (C=O) groups is 1. The quantitative estimate of drug-likeness (QED) is 0.831. The standard InChI is InChI=1S/C13H17FN2O2/c1-9(17)13-10(14)3-2-4-11(13)16-7-5-12(18)15-6-8-16/h2-4,9,17H,5-8H2,1H3,(H,15,18)/t9-/m1/s1. The van der Waals surface area contributed by atoms with Crippen molar-refractivity contribution < 1.29 is 14.3 Å². The monoisotopic (exact) mass is 252 g/mol. The van der Waals surface area contributed by atoms with Crippen molar-refractivity contribution in [3.8, 4) is 0 Å². The Morgan fingerprint density at radius 2 is 2.22 bits per heavy atom. The molecule has 2 N–H and O–H groups in total. The van der Waals surface area contributed by atoms with Crippen molar-refractivity contribution in [3.05, 3.63) is 29.6 Å². The number of aliphatic hydroxyl groups excluding tert-OH is 1. The molecule has 1 fully saturated rings. The van der Waals surface area contributed by atoms with Gasteiger partial charge in [0.1, 0.15) is 5.82 Å². The van der Waals surface area contributed by atoms with E-state index >= 15 is 0 Å². The third-order valence-corrected chi connectivity index (χ3v) is 3.10. The summed E-state index contributed by atoms with van der Waals surface area (Å²) in [5.74, 6) is -0.404. The molecule has 1 saturated heterocycles. The lowest BCUT2D eigenvalue weighted by atomic mass is 10.1. The van der Waals surface area contributed by atoms with E-state index in [1.54, 1.807) is 19.1 Å². The SMILES string of the molecule is C[C@@H](O)c1c(F)cccc1N1CCNC(=O)CC1. The van der Waals surface area contributed by atoms with Crippen LogP contribution in [0.25, 0.3) is 0 Å². The van der Waals surface area contributed by atoms with E-state index in [2.05, 4.69) is 5.32 Å². The van der Waals surface area contributed by atoms with Crippen molar-refractivity contribution >= 4 is 11.6 Å². The molecule has 2 rings (SSSR count). The second kappa shape index (κ2) is 5.35. The normalized spacial score (nSPS) is 18.2. The molecule has 1 atom stereocenters. The van der Waals surface area contributed by atoms with Crippen molar-refractivity contribution in [2.75, 3.05) is 24.5 Å². The van der Waals surface area contributed by atoms with Crippen molar-refractivity contribution in [1.82, 2.24) is 5.32 Å². The van der Waals surface area contributed by atoms with E-state index in [4.69, 9.17) is 0 Å². The third-order valence-electron chi connectivity index (χ3n) is 3.10. The maximum absolute atomic E-state index is 13.8. The molecular weight excluding hydrogens is 235 g/mol. The molecule has 0 radical (unpaired) electrons. The van der Waals surface area contributed by atoms with Crippen LogP contribution in [-0.2, 0) is 4.79 Å². The van der Waals surface area contributed by atoms with Crippen LogP contribution >= 0.6 is 0 Å². The number of nitrogens with zero attached hydrogens (tertiary/aromatic N) is 1. The number of aliphatic hydroxyl groups is 1. The summed E-state index contributed by atoms with van der Waals surface area (Å²) in [5.41, 5.74) is 0.966. The highest BCUT2D eigenvalue weighted by Gasteiger charge is 2.20. The number of benzene rings is 1. The van der Waals surface area contributed by atoms with Gasteiger partial charge in [0.05, 0.1) is 6.10 Å². The van der Waals surface area contributed by atoms with Gasteiger partial charge in [-0.05, 0) is 19.1 Å². The van der Waals surface area contributed by atoms with Crippen LogP contribution in [0.1, 0.15) is 25.0 Å². The Balaban J connectivity index is 2.32. The molecule has 0 unspecified atom stereocenters. The van der Waals surface area contributed by atoms with Crippen LogP contribution in [0.2, 0.25) is 0 Å². The molecular formula is C13H17FN2O2. The minimum Gasteiger partial charge on any atom is -0.389 e. The number of rotatable bonds is 2. The molecule has 5 heteroatoms. The van der Waals surface area contributed by atoms with E-state index in [0.717, 1.165) is 0 Å².